The molecule has 0 saturated heterocycles. The second-order valence-corrected chi connectivity index (χ2v) is 8.32. The van der Waals surface area contributed by atoms with Gasteiger partial charge in [0.2, 0.25) is 0 Å². The molecule has 1 aromatic heterocycles. The van der Waals surface area contributed by atoms with Crippen molar-refractivity contribution in [2.45, 2.75) is 25.2 Å². The second-order valence-electron chi connectivity index (χ2n) is 7.47. The van der Waals surface area contributed by atoms with E-state index in [-0.39, 0.29) is 18.6 Å². The number of alkyl halides is 3. The molecule has 0 spiro atoms. The van der Waals surface area contributed by atoms with Gasteiger partial charge in [-0.2, -0.15) is 0 Å². The first-order chi connectivity index (χ1) is 15.6. The number of hydrogen-bond acceptors (Lipinski definition) is 4. The third-order valence-corrected chi connectivity index (χ3v) is 6.20. The van der Waals surface area contributed by atoms with Crippen LogP contribution in [0.2, 0.25) is 0 Å². The highest BCUT2D eigenvalue weighted by Crippen LogP contribution is 2.42. The highest BCUT2D eigenvalue weighted by atomic mass is 79.9. The number of carbonyl (C=O) groups excluding carboxylic acids is 1. The van der Waals surface area contributed by atoms with E-state index >= 15 is 0 Å². The summed E-state index contributed by atoms with van der Waals surface area (Å²) in [7, 11) is 0. The van der Waals surface area contributed by atoms with Crippen LogP contribution in [0.3, 0.4) is 0 Å². The summed E-state index contributed by atoms with van der Waals surface area (Å²) < 4.78 is 62.7. The number of ether oxygens (including phenoxy) is 2. The number of nitrogens with zero attached hydrogens (tertiary/aromatic N) is 1. The van der Waals surface area contributed by atoms with Gasteiger partial charge in [-0.3, -0.25) is 9.78 Å². The van der Waals surface area contributed by atoms with Gasteiger partial charge in [-0.05, 0) is 60.5 Å². The summed E-state index contributed by atoms with van der Waals surface area (Å²) in [6, 6.07) is 11.4. The Balaban J connectivity index is 1.81. The van der Waals surface area contributed by atoms with Gasteiger partial charge in [0.15, 0.2) is 11.6 Å². The predicted molar refractivity (Wildman–Crippen MR) is 115 cm³/mol. The van der Waals surface area contributed by atoms with E-state index in [1.54, 1.807) is 30.3 Å². The number of halogens is 5. The molecule has 2 heterocycles. The first-order valence-electron chi connectivity index (χ1n) is 9.82. The maximum atomic E-state index is 14.6. The first-order valence-corrected chi connectivity index (χ1v) is 10.6. The number of amides is 1. The van der Waals surface area contributed by atoms with Crippen LogP contribution in [0.15, 0.2) is 59.2 Å². The molecule has 1 N–H and O–H groups in total. The molecule has 2 aromatic carbocycles. The number of nitrogens with one attached hydrogen (secondary N) is 1. The van der Waals surface area contributed by atoms with Crippen molar-refractivity contribution in [3.8, 4) is 11.5 Å². The maximum absolute atomic E-state index is 14.6. The highest BCUT2D eigenvalue weighted by Gasteiger charge is 2.43. The van der Waals surface area contributed by atoms with Crippen molar-refractivity contribution in [2.24, 2.45) is 0 Å². The van der Waals surface area contributed by atoms with Crippen molar-refractivity contribution >= 4 is 21.8 Å². The standard InChI is InChI=1S/C23H17BrF4N2O3/c1-13-11-14(4-6-16(13)24)21(31)30-22(8-10-32-19-3-2-9-29-20(19)22)15-5-7-18(17(25)12-15)33-23(26,27)28/h2-7,9,11-12H,8,10H2,1H3,(H,30,31). The van der Waals surface area contributed by atoms with Crippen molar-refractivity contribution in [3.05, 3.63) is 87.4 Å². The molecule has 0 radical (unpaired) electrons. The normalized spacial score (nSPS) is 17.6. The van der Waals surface area contributed by atoms with Crippen LogP contribution < -0.4 is 14.8 Å². The zero-order valence-corrected chi connectivity index (χ0v) is 18.8. The zero-order chi connectivity index (χ0) is 23.8. The number of pyridine rings is 1. The SMILES string of the molecule is Cc1cc(C(=O)NC2(c3ccc(OC(F)(F)F)c(F)c3)CCOc3cccnc32)ccc1Br. The Hall–Kier alpha value is -3.14. The second kappa shape index (κ2) is 8.66. The van der Waals surface area contributed by atoms with E-state index in [2.05, 4.69) is 31.0 Å². The van der Waals surface area contributed by atoms with Crippen LogP contribution in [0, 0.1) is 12.7 Å². The molecule has 5 nitrogen and oxygen atoms in total. The van der Waals surface area contributed by atoms with Gasteiger partial charge >= 0.3 is 6.36 Å². The average Bonchev–Trinajstić information content (AvgIpc) is 2.76. The van der Waals surface area contributed by atoms with E-state index in [1.165, 1.54) is 12.3 Å². The van der Waals surface area contributed by atoms with Crippen LogP contribution in [0.25, 0.3) is 0 Å². The van der Waals surface area contributed by atoms with Crippen LogP contribution >= 0.6 is 15.9 Å². The van der Waals surface area contributed by atoms with Crippen molar-refractivity contribution in [1.29, 1.82) is 0 Å². The maximum Gasteiger partial charge on any atom is 0.573 e. The van der Waals surface area contributed by atoms with Gasteiger partial charge in [0.25, 0.3) is 5.91 Å². The third kappa shape index (κ3) is 4.66. The van der Waals surface area contributed by atoms with Crippen LogP contribution in [-0.4, -0.2) is 23.9 Å². The summed E-state index contributed by atoms with van der Waals surface area (Å²) in [4.78, 5) is 17.6. The lowest BCUT2D eigenvalue weighted by molar-refractivity contribution is -0.275. The van der Waals surface area contributed by atoms with E-state index in [9.17, 15) is 22.4 Å². The topological polar surface area (TPSA) is 60.5 Å². The lowest BCUT2D eigenvalue weighted by Crippen LogP contribution is -2.50. The smallest absolute Gasteiger partial charge is 0.491 e. The molecule has 1 aliphatic rings. The largest absolute Gasteiger partial charge is 0.573 e. The number of hydrogen-bond donors (Lipinski definition) is 1. The van der Waals surface area contributed by atoms with Gasteiger partial charge in [-0.25, -0.2) is 4.39 Å². The lowest BCUT2D eigenvalue weighted by atomic mass is 9.81. The van der Waals surface area contributed by atoms with Gasteiger partial charge in [-0.1, -0.05) is 22.0 Å². The molecule has 4 rings (SSSR count). The number of benzene rings is 2. The minimum atomic E-state index is -5.04. The summed E-state index contributed by atoms with van der Waals surface area (Å²) in [6.45, 7) is 2.00. The molecule has 1 amide bonds. The van der Waals surface area contributed by atoms with Gasteiger partial charge in [0.1, 0.15) is 17.0 Å². The van der Waals surface area contributed by atoms with Crippen molar-refractivity contribution in [2.75, 3.05) is 6.61 Å². The third-order valence-electron chi connectivity index (χ3n) is 5.31. The minimum Gasteiger partial charge on any atom is -0.491 e. The molecule has 1 aliphatic heterocycles. The summed E-state index contributed by atoms with van der Waals surface area (Å²) in [6.07, 6.45) is -3.37. The van der Waals surface area contributed by atoms with E-state index in [1.807, 2.05) is 6.92 Å². The van der Waals surface area contributed by atoms with Crippen molar-refractivity contribution in [1.82, 2.24) is 10.3 Å². The van der Waals surface area contributed by atoms with Crippen molar-refractivity contribution in [3.63, 3.8) is 0 Å². The molecule has 3 aromatic rings. The molecular weight excluding hydrogens is 508 g/mol. The molecule has 33 heavy (non-hydrogen) atoms. The first kappa shape index (κ1) is 23.0. The molecule has 0 bridgehead atoms. The van der Waals surface area contributed by atoms with Crippen LogP contribution in [0.5, 0.6) is 11.5 Å². The molecule has 172 valence electrons. The van der Waals surface area contributed by atoms with Crippen LogP contribution in [-0.2, 0) is 5.54 Å². The molecule has 0 fully saturated rings. The number of rotatable bonds is 4. The van der Waals surface area contributed by atoms with Crippen LogP contribution in [0.4, 0.5) is 17.6 Å². The monoisotopic (exact) mass is 524 g/mol. The van der Waals surface area contributed by atoms with Gasteiger partial charge in [0.05, 0.1) is 6.61 Å². The van der Waals surface area contributed by atoms with Gasteiger partial charge in [0, 0.05) is 22.7 Å². The number of aryl methyl sites for hydroxylation is 1. The number of fused-ring (bicyclic) bond motifs is 1. The zero-order valence-electron chi connectivity index (χ0n) is 17.2. The Morgan fingerprint density at radius 2 is 2.00 bits per heavy atom. The Morgan fingerprint density at radius 1 is 1.21 bits per heavy atom. The quantitative estimate of drug-likeness (QED) is 0.448. The van der Waals surface area contributed by atoms with E-state index in [4.69, 9.17) is 4.74 Å². The number of carbonyl (C=O) groups is 1. The van der Waals surface area contributed by atoms with E-state index in [0.717, 1.165) is 22.2 Å². The molecule has 0 saturated carbocycles. The highest BCUT2D eigenvalue weighted by molar-refractivity contribution is 9.10. The summed E-state index contributed by atoms with van der Waals surface area (Å²) >= 11 is 3.39. The van der Waals surface area contributed by atoms with E-state index in [0.29, 0.717) is 17.0 Å². The average molecular weight is 525 g/mol. The summed E-state index contributed by atoms with van der Waals surface area (Å²) in [5.41, 5.74) is 0.380. The lowest BCUT2D eigenvalue weighted by Gasteiger charge is -2.39. The number of aromatic nitrogens is 1. The summed E-state index contributed by atoms with van der Waals surface area (Å²) in [5, 5.41) is 2.94. The fourth-order valence-corrected chi connectivity index (χ4v) is 4.01. The molecule has 1 unspecified atom stereocenters. The minimum absolute atomic E-state index is 0.167. The fraction of sp³-hybridized carbons (Fsp3) is 0.217. The Morgan fingerprint density at radius 3 is 2.70 bits per heavy atom. The Labute approximate surface area is 194 Å². The van der Waals surface area contributed by atoms with Gasteiger partial charge in [-0.15, -0.1) is 13.2 Å². The molecule has 0 aliphatic carbocycles. The molecular formula is C23H17BrF4N2O3. The van der Waals surface area contributed by atoms with Crippen LogP contribution in [0.1, 0.15) is 33.6 Å². The summed E-state index contributed by atoms with van der Waals surface area (Å²) in [5.74, 6) is -2.27. The van der Waals surface area contributed by atoms with Gasteiger partial charge < -0.3 is 14.8 Å². The fourth-order valence-electron chi connectivity index (χ4n) is 3.76. The Kier molecular flexibility index (Phi) is 6.04. The molecule has 1 atom stereocenters. The van der Waals surface area contributed by atoms with E-state index < -0.39 is 29.4 Å². The predicted octanol–water partition coefficient (Wildman–Crippen LogP) is 5.65. The molecule has 10 heteroatoms. The Bertz CT molecular complexity index is 1220. The van der Waals surface area contributed by atoms with Crippen molar-refractivity contribution < 1.29 is 31.8 Å².